The lowest BCUT2D eigenvalue weighted by molar-refractivity contribution is -0.384. The topological polar surface area (TPSA) is 110 Å². The van der Waals surface area contributed by atoms with Gasteiger partial charge in [0.05, 0.1) is 4.92 Å². The number of aliphatic carboxylic acids is 1. The van der Waals surface area contributed by atoms with Gasteiger partial charge >= 0.3 is 11.7 Å². The van der Waals surface area contributed by atoms with Crippen molar-refractivity contribution in [2.24, 2.45) is 7.05 Å². The van der Waals surface area contributed by atoms with E-state index in [4.69, 9.17) is 0 Å². The van der Waals surface area contributed by atoms with Crippen molar-refractivity contribution in [3.8, 4) is 0 Å². The number of anilines is 1. The van der Waals surface area contributed by atoms with E-state index in [1.54, 1.807) is 20.9 Å². The molecule has 1 aromatic heterocycles. The molecule has 8 nitrogen and oxygen atoms in total. The van der Waals surface area contributed by atoms with Crippen molar-refractivity contribution in [1.29, 1.82) is 0 Å². The van der Waals surface area contributed by atoms with Gasteiger partial charge in [-0.1, -0.05) is 13.8 Å². The van der Waals surface area contributed by atoms with Crippen LogP contribution in [-0.2, 0) is 11.8 Å². The highest BCUT2D eigenvalue weighted by Gasteiger charge is 2.37. The maximum atomic E-state index is 11.3. The number of aromatic nitrogens is 2. The van der Waals surface area contributed by atoms with Gasteiger partial charge in [0, 0.05) is 7.05 Å². The van der Waals surface area contributed by atoms with Crippen molar-refractivity contribution in [1.82, 2.24) is 9.78 Å². The number of nitrogens with zero attached hydrogens (tertiary/aromatic N) is 3. The fourth-order valence-electron chi connectivity index (χ4n) is 1.71. The van der Waals surface area contributed by atoms with Crippen molar-refractivity contribution in [3.05, 3.63) is 16.3 Å². The first-order valence-corrected chi connectivity index (χ1v) is 5.56. The molecule has 0 radical (unpaired) electrons. The smallest absolute Gasteiger partial charge is 0.330 e. The van der Waals surface area contributed by atoms with E-state index in [1.807, 2.05) is 0 Å². The molecule has 0 bridgehead atoms. The highest BCUT2D eigenvalue weighted by atomic mass is 16.6. The number of hydrogen-bond acceptors (Lipinski definition) is 5. The van der Waals surface area contributed by atoms with E-state index in [2.05, 4.69) is 10.4 Å². The number of carboxylic acid groups (broad SMARTS) is 1. The molecule has 0 saturated carbocycles. The Hall–Kier alpha value is -2.12. The zero-order chi connectivity index (χ0) is 13.9. The van der Waals surface area contributed by atoms with Gasteiger partial charge in [-0.05, 0) is 12.8 Å². The number of carbonyl (C=O) groups is 1. The van der Waals surface area contributed by atoms with Gasteiger partial charge in [-0.25, -0.2) is 4.79 Å². The van der Waals surface area contributed by atoms with E-state index >= 15 is 0 Å². The van der Waals surface area contributed by atoms with Crippen LogP contribution < -0.4 is 5.32 Å². The third-order valence-corrected chi connectivity index (χ3v) is 2.98. The van der Waals surface area contributed by atoms with Gasteiger partial charge in [-0.3, -0.25) is 14.8 Å². The average Bonchev–Trinajstić information content (AvgIpc) is 2.67. The Morgan fingerprint density at radius 2 is 2.17 bits per heavy atom. The molecule has 0 unspecified atom stereocenters. The van der Waals surface area contributed by atoms with Crippen LogP contribution in [0.15, 0.2) is 6.20 Å². The maximum Gasteiger partial charge on any atom is 0.330 e. The van der Waals surface area contributed by atoms with Crippen LogP contribution >= 0.6 is 0 Å². The van der Waals surface area contributed by atoms with E-state index in [0.29, 0.717) is 12.8 Å². The lowest BCUT2D eigenvalue weighted by atomic mass is 9.93. The third-order valence-electron chi connectivity index (χ3n) is 2.98. The second-order valence-corrected chi connectivity index (χ2v) is 4.01. The molecule has 18 heavy (non-hydrogen) atoms. The van der Waals surface area contributed by atoms with Crippen molar-refractivity contribution < 1.29 is 14.8 Å². The minimum atomic E-state index is -1.24. The SMILES string of the molecule is CCC(CC)(Nc1nn(C)cc1[N+](=O)[O-])C(=O)O. The molecule has 0 fully saturated rings. The average molecular weight is 256 g/mol. The molecular weight excluding hydrogens is 240 g/mol. The Morgan fingerprint density at radius 3 is 2.56 bits per heavy atom. The molecule has 0 spiro atoms. The first kappa shape index (κ1) is 13.9. The molecule has 0 aliphatic carbocycles. The fraction of sp³-hybridized carbons (Fsp3) is 0.600. The number of nitrogens with one attached hydrogen (secondary N) is 1. The van der Waals surface area contributed by atoms with Crippen molar-refractivity contribution in [2.75, 3.05) is 5.32 Å². The van der Waals surface area contributed by atoms with Crippen molar-refractivity contribution >= 4 is 17.5 Å². The molecule has 0 amide bonds. The molecular formula is C10H16N4O4. The van der Waals surface area contributed by atoms with E-state index in [1.165, 1.54) is 10.9 Å². The first-order valence-electron chi connectivity index (χ1n) is 5.56. The summed E-state index contributed by atoms with van der Waals surface area (Å²) in [4.78, 5) is 21.6. The molecule has 0 atom stereocenters. The van der Waals surface area contributed by atoms with Crippen LogP contribution in [0.3, 0.4) is 0 Å². The van der Waals surface area contributed by atoms with Gasteiger partial charge in [-0.15, -0.1) is 5.10 Å². The summed E-state index contributed by atoms with van der Waals surface area (Å²) in [6.45, 7) is 3.42. The highest BCUT2D eigenvalue weighted by molar-refractivity contribution is 5.83. The number of rotatable bonds is 6. The van der Waals surface area contributed by atoms with Crippen LogP contribution in [0.4, 0.5) is 11.5 Å². The molecule has 1 rings (SSSR count). The summed E-state index contributed by atoms with van der Waals surface area (Å²) in [5, 5.41) is 26.7. The van der Waals surface area contributed by atoms with Crippen LogP contribution in [0.25, 0.3) is 0 Å². The lowest BCUT2D eigenvalue weighted by Crippen LogP contribution is -2.45. The van der Waals surface area contributed by atoms with Gasteiger partial charge in [0.15, 0.2) is 0 Å². The second-order valence-electron chi connectivity index (χ2n) is 4.01. The number of carboxylic acids is 1. The molecule has 2 N–H and O–H groups in total. The van der Waals surface area contributed by atoms with Crippen LogP contribution in [0, 0.1) is 10.1 Å². The van der Waals surface area contributed by atoms with E-state index in [0.717, 1.165) is 0 Å². The predicted octanol–water partition coefficient (Wildman–Crippen LogP) is 1.38. The van der Waals surface area contributed by atoms with Gasteiger partial charge in [0.25, 0.3) is 0 Å². The molecule has 1 aromatic rings. The molecule has 1 heterocycles. The predicted molar refractivity (Wildman–Crippen MR) is 64.4 cm³/mol. The van der Waals surface area contributed by atoms with Crippen LogP contribution in [0.5, 0.6) is 0 Å². The van der Waals surface area contributed by atoms with E-state index < -0.39 is 16.4 Å². The van der Waals surface area contributed by atoms with Crippen molar-refractivity contribution in [2.45, 2.75) is 32.2 Å². The minimum absolute atomic E-state index is 0.0198. The highest BCUT2D eigenvalue weighted by Crippen LogP contribution is 2.28. The summed E-state index contributed by atoms with van der Waals surface area (Å²) in [7, 11) is 1.54. The monoisotopic (exact) mass is 256 g/mol. The van der Waals surface area contributed by atoms with Gasteiger partial charge in [0.2, 0.25) is 5.82 Å². The van der Waals surface area contributed by atoms with E-state index in [9.17, 15) is 20.0 Å². The zero-order valence-electron chi connectivity index (χ0n) is 10.5. The molecule has 100 valence electrons. The number of nitro groups is 1. The quantitative estimate of drug-likeness (QED) is 0.587. The van der Waals surface area contributed by atoms with Crippen molar-refractivity contribution in [3.63, 3.8) is 0 Å². The number of hydrogen-bond donors (Lipinski definition) is 2. The summed E-state index contributed by atoms with van der Waals surface area (Å²) in [6, 6.07) is 0. The maximum absolute atomic E-state index is 11.3. The normalized spacial score (nSPS) is 11.3. The fourth-order valence-corrected chi connectivity index (χ4v) is 1.71. The molecule has 0 aromatic carbocycles. The van der Waals surface area contributed by atoms with Gasteiger partial charge in [0.1, 0.15) is 11.7 Å². The Labute approximate surface area is 104 Å². The summed E-state index contributed by atoms with van der Waals surface area (Å²) in [5.74, 6) is -1.07. The summed E-state index contributed by atoms with van der Waals surface area (Å²) >= 11 is 0. The van der Waals surface area contributed by atoms with E-state index in [-0.39, 0.29) is 11.5 Å². The Kier molecular flexibility index (Phi) is 3.89. The Balaban J connectivity index is 3.16. The molecule has 8 heteroatoms. The molecule has 0 aliphatic rings. The van der Waals surface area contributed by atoms with Crippen LogP contribution in [0.2, 0.25) is 0 Å². The zero-order valence-corrected chi connectivity index (χ0v) is 10.5. The molecule has 0 aliphatic heterocycles. The van der Waals surface area contributed by atoms with Crippen LogP contribution in [0.1, 0.15) is 26.7 Å². The second kappa shape index (κ2) is 5.03. The molecule has 0 saturated heterocycles. The minimum Gasteiger partial charge on any atom is -0.480 e. The Morgan fingerprint density at radius 1 is 1.61 bits per heavy atom. The van der Waals surface area contributed by atoms with Gasteiger partial charge < -0.3 is 10.4 Å². The summed E-state index contributed by atoms with van der Waals surface area (Å²) in [5.41, 5.74) is -1.47. The lowest BCUT2D eigenvalue weighted by Gasteiger charge is -2.27. The number of aryl methyl sites for hydroxylation is 1. The largest absolute Gasteiger partial charge is 0.480 e. The summed E-state index contributed by atoms with van der Waals surface area (Å²) < 4.78 is 1.28. The standard InChI is InChI=1S/C10H16N4O4/c1-4-10(5-2,9(15)16)11-8-7(14(17)18)6-13(3)12-8/h6H,4-5H2,1-3H3,(H,11,12)(H,15,16). The Bertz CT molecular complexity index is 464. The van der Waals surface area contributed by atoms with Crippen LogP contribution in [-0.4, -0.2) is 31.3 Å². The summed E-state index contributed by atoms with van der Waals surface area (Å²) in [6.07, 6.45) is 1.83. The van der Waals surface area contributed by atoms with Gasteiger partial charge in [-0.2, -0.15) is 0 Å². The first-order chi connectivity index (χ1) is 8.36. The third kappa shape index (κ3) is 2.41.